The average molecular weight is 287 g/mol. The average Bonchev–Trinajstić information content (AvgIpc) is 2.97. The van der Waals surface area contributed by atoms with Crippen molar-refractivity contribution in [2.45, 2.75) is 39.2 Å². The second kappa shape index (κ2) is 5.48. The molecule has 5 heteroatoms. The van der Waals surface area contributed by atoms with Crippen molar-refractivity contribution < 1.29 is 9.26 Å². The second-order valence-electron chi connectivity index (χ2n) is 5.73. The Bertz CT molecular complexity index is 634. The quantitative estimate of drug-likeness (QED) is 0.934. The van der Waals surface area contributed by atoms with Crippen LogP contribution >= 0.6 is 0 Å². The van der Waals surface area contributed by atoms with Crippen LogP contribution in [0.15, 0.2) is 22.7 Å². The van der Waals surface area contributed by atoms with Crippen LogP contribution in [0.4, 0.5) is 5.69 Å². The van der Waals surface area contributed by atoms with E-state index in [-0.39, 0.29) is 0 Å². The fraction of sp³-hybridized carbons (Fsp3) is 0.500. The van der Waals surface area contributed by atoms with E-state index in [0.29, 0.717) is 18.3 Å². The summed E-state index contributed by atoms with van der Waals surface area (Å²) in [6.45, 7) is 7.49. The van der Waals surface area contributed by atoms with Gasteiger partial charge in [-0.25, -0.2) is 0 Å². The van der Waals surface area contributed by atoms with Crippen LogP contribution in [0.2, 0.25) is 0 Å². The summed E-state index contributed by atoms with van der Waals surface area (Å²) in [5.41, 5.74) is 2.91. The van der Waals surface area contributed by atoms with E-state index in [0.717, 1.165) is 24.9 Å². The van der Waals surface area contributed by atoms with Gasteiger partial charge in [0.25, 0.3) is 5.89 Å². The maximum atomic E-state index is 5.68. The van der Waals surface area contributed by atoms with E-state index in [2.05, 4.69) is 21.5 Å². The van der Waals surface area contributed by atoms with Crippen molar-refractivity contribution in [3.8, 4) is 11.5 Å². The van der Waals surface area contributed by atoms with Gasteiger partial charge in [0.2, 0.25) is 5.82 Å². The van der Waals surface area contributed by atoms with E-state index >= 15 is 0 Å². The minimum absolute atomic E-state index is 0.538. The Labute approximate surface area is 124 Å². The van der Waals surface area contributed by atoms with Crippen molar-refractivity contribution in [3.63, 3.8) is 0 Å². The molecule has 1 aromatic carbocycles. The number of hydrogen-bond donors (Lipinski definition) is 1. The normalized spacial score (nSPS) is 14.6. The minimum Gasteiger partial charge on any atom is -0.385 e. The Balaban J connectivity index is 1.97. The van der Waals surface area contributed by atoms with Gasteiger partial charge < -0.3 is 14.6 Å². The third kappa shape index (κ3) is 2.65. The van der Waals surface area contributed by atoms with Gasteiger partial charge in [-0.2, -0.15) is 4.98 Å². The lowest BCUT2D eigenvalue weighted by Gasteiger charge is -2.20. The number of nitrogens with zero attached hydrogens (tertiary/aromatic N) is 2. The van der Waals surface area contributed by atoms with Crippen LogP contribution < -0.4 is 5.32 Å². The van der Waals surface area contributed by atoms with E-state index in [1.54, 1.807) is 0 Å². The SMILES string of the molecule is CCOC(C)(C)c1noc(-c2cccc3c2CCCN3)n1. The number of rotatable bonds is 4. The summed E-state index contributed by atoms with van der Waals surface area (Å²) in [7, 11) is 0. The van der Waals surface area contributed by atoms with Crippen LogP contribution in [0.5, 0.6) is 0 Å². The Hall–Kier alpha value is -1.88. The number of fused-ring (bicyclic) bond motifs is 1. The molecule has 0 fully saturated rings. The van der Waals surface area contributed by atoms with Gasteiger partial charge in [-0.1, -0.05) is 11.2 Å². The zero-order valence-electron chi connectivity index (χ0n) is 12.8. The lowest BCUT2D eigenvalue weighted by Crippen LogP contribution is -2.23. The van der Waals surface area contributed by atoms with E-state index in [1.807, 2.05) is 32.9 Å². The molecule has 2 heterocycles. The number of anilines is 1. The topological polar surface area (TPSA) is 60.2 Å². The molecule has 1 aliphatic heterocycles. The molecule has 0 bridgehead atoms. The molecular weight excluding hydrogens is 266 g/mol. The van der Waals surface area contributed by atoms with Gasteiger partial charge in [0.1, 0.15) is 5.60 Å². The lowest BCUT2D eigenvalue weighted by molar-refractivity contribution is -0.0221. The fourth-order valence-corrected chi connectivity index (χ4v) is 2.71. The largest absolute Gasteiger partial charge is 0.385 e. The van der Waals surface area contributed by atoms with Gasteiger partial charge in [0, 0.05) is 24.4 Å². The Morgan fingerprint density at radius 3 is 3.05 bits per heavy atom. The Morgan fingerprint density at radius 2 is 2.24 bits per heavy atom. The Morgan fingerprint density at radius 1 is 1.38 bits per heavy atom. The van der Waals surface area contributed by atoms with Gasteiger partial charge in [-0.05, 0) is 51.3 Å². The van der Waals surface area contributed by atoms with Crippen LogP contribution in [0.3, 0.4) is 0 Å². The Kier molecular flexibility index (Phi) is 3.68. The lowest BCUT2D eigenvalue weighted by atomic mass is 9.97. The molecular formula is C16H21N3O2. The predicted octanol–water partition coefficient (Wildman–Crippen LogP) is 3.37. The van der Waals surface area contributed by atoms with Gasteiger partial charge in [0.05, 0.1) is 0 Å². The molecule has 1 N–H and O–H groups in total. The highest BCUT2D eigenvalue weighted by atomic mass is 16.5. The molecule has 3 rings (SSSR count). The maximum absolute atomic E-state index is 5.68. The zero-order valence-corrected chi connectivity index (χ0v) is 12.8. The highest BCUT2D eigenvalue weighted by molar-refractivity contribution is 5.69. The standard InChI is InChI=1S/C16H21N3O2/c1-4-20-16(2,3)15-18-14(21-19-15)12-7-5-9-13-11(12)8-6-10-17-13/h5,7,9,17H,4,6,8,10H2,1-3H3. The number of aromatic nitrogens is 2. The predicted molar refractivity (Wildman–Crippen MR) is 81.2 cm³/mol. The van der Waals surface area contributed by atoms with E-state index in [1.165, 1.54) is 11.3 Å². The monoisotopic (exact) mass is 287 g/mol. The van der Waals surface area contributed by atoms with Crippen LogP contribution in [-0.4, -0.2) is 23.3 Å². The number of ether oxygens (including phenoxy) is 1. The third-order valence-corrected chi connectivity index (χ3v) is 3.80. The van der Waals surface area contributed by atoms with E-state index in [9.17, 15) is 0 Å². The summed E-state index contributed by atoms with van der Waals surface area (Å²) in [5, 5.41) is 7.52. The molecule has 0 spiro atoms. The highest BCUT2D eigenvalue weighted by Crippen LogP contribution is 2.33. The third-order valence-electron chi connectivity index (χ3n) is 3.80. The van der Waals surface area contributed by atoms with Gasteiger partial charge >= 0.3 is 0 Å². The number of nitrogens with one attached hydrogen (secondary N) is 1. The van der Waals surface area contributed by atoms with Crippen LogP contribution in [0.25, 0.3) is 11.5 Å². The van der Waals surface area contributed by atoms with Crippen LogP contribution in [0, 0.1) is 0 Å². The van der Waals surface area contributed by atoms with Gasteiger partial charge in [-0.15, -0.1) is 0 Å². The molecule has 21 heavy (non-hydrogen) atoms. The summed E-state index contributed by atoms with van der Waals surface area (Å²) in [6.07, 6.45) is 2.15. The van der Waals surface area contributed by atoms with Crippen molar-refractivity contribution in [3.05, 3.63) is 29.6 Å². The van der Waals surface area contributed by atoms with Crippen LogP contribution in [0.1, 0.15) is 38.6 Å². The zero-order chi connectivity index (χ0) is 14.9. The molecule has 0 radical (unpaired) electrons. The second-order valence-corrected chi connectivity index (χ2v) is 5.73. The molecule has 0 unspecified atom stereocenters. The first-order valence-corrected chi connectivity index (χ1v) is 7.46. The van der Waals surface area contributed by atoms with Crippen molar-refractivity contribution >= 4 is 5.69 Å². The summed E-state index contributed by atoms with van der Waals surface area (Å²) in [5.74, 6) is 1.15. The molecule has 0 atom stereocenters. The van der Waals surface area contributed by atoms with Crippen molar-refractivity contribution in [1.29, 1.82) is 0 Å². The highest BCUT2D eigenvalue weighted by Gasteiger charge is 2.28. The summed E-state index contributed by atoms with van der Waals surface area (Å²) in [6, 6.07) is 6.15. The first-order chi connectivity index (χ1) is 10.1. The van der Waals surface area contributed by atoms with Crippen molar-refractivity contribution in [2.75, 3.05) is 18.5 Å². The molecule has 1 aliphatic rings. The van der Waals surface area contributed by atoms with Crippen molar-refractivity contribution in [1.82, 2.24) is 10.1 Å². The smallest absolute Gasteiger partial charge is 0.258 e. The minimum atomic E-state index is -0.538. The van der Waals surface area contributed by atoms with E-state index in [4.69, 9.17) is 9.26 Å². The molecule has 0 saturated heterocycles. The summed E-state index contributed by atoms with van der Waals surface area (Å²) < 4.78 is 11.2. The van der Waals surface area contributed by atoms with Crippen molar-refractivity contribution in [2.24, 2.45) is 0 Å². The fourth-order valence-electron chi connectivity index (χ4n) is 2.71. The van der Waals surface area contributed by atoms with Gasteiger partial charge in [0.15, 0.2) is 0 Å². The first-order valence-electron chi connectivity index (χ1n) is 7.46. The summed E-state index contributed by atoms with van der Waals surface area (Å²) >= 11 is 0. The molecule has 112 valence electrons. The summed E-state index contributed by atoms with van der Waals surface area (Å²) in [4.78, 5) is 4.55. The molecule has 0 aliphatic carbocycles. The first kappa shape index (κ1) is 14.1. The number of benzene rings is 1. The molecule has 5 nitrogen and oxygen atoms in total. The molecule has 0 saturated carbocycles. The molecule has 1 aromatic heterocycles. The molecule has 2 aromatic rings. The maximum Gasteiger partial charge on any atom is 0.258 e. The van der Waals surface area contributed by atoms with Crippen LogP contribution in [-0.2, 0) is 16.8 Å². The molecule has 0 amide bonds. The number of hydrogen-bond acceptors (Lipinski definition) is 5. The van der Waals surface area contributed by atoms with Gasteiger partial charge in [-0.3, -0.25) is 0 Å². The van der Waals surface area contributed by atoms with E-state index < -0.39 is 5.60 Å².